The molecule has 12 rings (SSSR count). The Bertz CT molecular complexity index is 3230. The third-order valence-electron chi connectivity index (χ3n) is 11.5. The van der Waals surface area contributed by atoms with Crippen LogP contribution in [0, 0.1) is 0 Å². The molecular weight excluding hydrogens is 675 g/mol. The molecule has 260 valence electrons. The standard InChI is InChI=1S/C49H33N5O/c1-3-16-31(17-4-1)47-50-48(33-28-27-30-15-7-8-18-32(30)29-33)52-49(51-47)54-39-25-13-10-22-36(39)43-44-41(42-37-23-11-14-26-40(37)55-46(42)45(43)54)35-21-9-12-24-38(35)53(44)34-19-5-2-6-20-34/h1-8,10-11,13-29,36,39H,9,12H2. The van der Waals surface area contributed by atoms with Crippen molar-refractivity contribution in [3.05, 3.63) is 168 Å². The molecule has 2 atom stereocenters. The molecule has 3 aromatic heterocycles. The lowest BCUT2D eigenvalue weighted by Gasteiger charge is -2.27. The van der Waals surface area contributed by atoms with Crippen LogP contribution in [0.4, 0.5) is 11.6 Å². The number of furan rings is 1. The Morgan fingerprint density at radius 1 is 0.618 bits per heavy atom. The molecule has 6 nitrogen and oxygen atoms in total. The fraction of sp³-hybridized carbons (Fsp3) is 0.0816. The monoisotopic (exact) mass is 707 g/mol. The van der Waals surface area contributed by atoms with Gasteiger partial charge in [-0.3, -0.25) is 4.90 Å². The lowest BCUT2D eigenvalue weighted by Crippen LogP contribution is -2.31. The molecule has 2 aliphatic carbocycles. The first-order valence-electron chi connectivity index (χ1n) is 19.0. The summed E-state index contributed by atoms with van der Waals surface area (Å²) in [6.07, 6.45) is 15.8. The van der Waals surface area contributed by atoms with Gasteiger partial charge in [0, 0.05) is 55.0 Å². The van der Waals surface area contributed by atoms with Crippen molar-refractivity contribution >= 4 is 67.4 Å². The Kier molecular flexibility index (Phi) is 6.48. The van der Waals surface area contributed by atoms with Gasteiger partial charge < -0.3 is 8.98 Å². The molecule has 0 bridgehead atoms. The number of anilines is 2. The summed E-state index contributed by atoms with van der Waals surface area (Å²) in [5.41, 5.74) is 8.19. The number of aromatic nitrogens is 4. The molecule has 0 fully saturated rings. The van der Waals surface area contributed by atoms with E-state index in [4.69, 9.17) is 19.4 Å². The van der Waals surface area contributed by atoms with Crippen molar-refractivity contribution in [1.82, 2.24) is 19.5 Å². The highest BCUT2D eigenvalue weighted by Crippen LogP contribution is 2.55. The van der Waals surface area contributed by atoms with Gasteiger partial charge in [0.1, 0.15) is 5.58 Å². The summed E-state index contributed by atoms with van der Waals surface area (Å²) in [6.45, 7) is 0. The topological polar surface area (TPSA) is 60.0 Å². The molecule has 0 N–H and O–H groups in total. The van der Waals surface area contributed by atoms with E-state index in [2.05, 4.69) is 155 Å². The summed E-state index contributed by atoms with van der Waals surface area (Å²) in [5.74, 6) is 1.86. The number of hydrogen-bond acceptors (Lipinski definition) is 5. The maximum Gasteiger partial charge on any atom is 0.234 e. The van der Waals surface area contributed by atoms with E-state index in [0.29, 0.717) is 17.6 Å². The van der Waals surface area contributed by atoms with Gasteiger partial charge in [0.2, 0.25) is 5.95 Å². The molecule has 6 heteroatoms. The maximum absolute atomic E-state index is 7.05. The Morgan fingerprint density at radius 3 is 2.22 bits per heavy atom. The zero-order valence-electron chi connectivity index (χ0n) is 29.8. The molecule has 3 aliphatic rings. The van der Waals surface area contributed by atoms with Crippen molar-refractivity contribution in [3.8, 4) is 28.5 Å². The highest BCUT2D eigenvalue weighted by Gasteiger charge is 2.44. The summed E-state index contributed by atoms with van der Waals surface area (Å²) in [6, 6.07) is 44.3. The molecule has 0 radical (unpaired) electrons. The van der Waals surface area contributed by atoms with Crippen molar-refractivity contribution in [2.75, 3.05) is 4.90 Å². The first-order valence-corrected chi connectivity index (χ1v) is 19.0. The van der Waals surface area contributed by atoms with Gasteiger partial charge in [-0.1, -0.05) is 140 Å². The van der Waals surface area contributed by atoms with Gasteiger partial charge in [-0.25, -0.2) is 4.98 Å². The normalized spacial score (nSPS) is 17.1. The van der Waals surface area contributed by atoms with Crippen LogP contribution in [-0.2, 0) is 0 Å². The molecule has 2 unspecified atom stereocenters. The van der Waals surface area contributed by atoms with E-state index in [0.717, 1.165) is 62.7 Å². The third-order valence-corrected chi connectivity index (χ3v) is 11.5. The van der Waals surface area contributed by atoms with Gasteiger partial charge in [-0.05, 0) is 47.9 Å². The summed E-state index contributed by atoms with van der Waals surface area (Å²) in [4.78, 5) is 18.2. The van der Waals surface area contributed by atoms with Crippen molar-refractivity contribution in [3.63, 3.8) is 0 Å². The van der Waals surface area contributed by atoms with Crippen molar-refractivity contribution < 1.29 is 4.42 Å². The number of rotatable bonds is 4. The van der Waals surface area contributed by atoms with Crippen LogP contribution in [0.5, 0.6) is 0 Å². The number of allylic oxidation sites excluding steroid dienone is 2. The molecule has 0 spiro atoms. The van der Waals surface area contributed by atoms with Crippen LogP contribution >= 0.6 is 0 Å². The van der Waals surface area contributed by atoms with Crippen molar-refractivity contribution in [1.29, 1.82) is 0 Å². The zero-order chi connectivity index (χ0) is 36.0. The van der Waals surface area contributed by atoms with Crippen LogP contribution in [0.1, 0.15) is 24.3 Å². The molecule has 9 aromatic rings. The van der Waals surface area contributed by atoms with E-state index in [1.54, 1.807) is 0 Å². The molecule has 0 amide bonds. The average Bonchev–Trinajstić information content (AvgIpc) is 3.92. The lowest BCUT2D eigenvalue weighted by molar-refractivity contribution is 0.666. The molecule has 6 aromatic carbocycles. The minimum absolute atomic E-state index is 0.0139. The summed E-state index contributed by atoms with van der Waals surface area (Å²) < 4.78 is 9.55. The van der Waals surface area contributed by atoms with Crippen LogP contribution in [0.15, 0.2) is 156 Å². The Balaban J connectivity index is 1.23. The van der Waals surface area contributed by atoms with Crippen LogP contribution in [0.3, 0.4) is 0 Å². The van der Waals surface area contributed by atoms with E-state index in [1.165, 1.54) is 32.4 Å². The minimum Gasteiger partial charge on any atom is -0.454 e. The highest BCUT2D eigenvalue weighted by molar-refractivity contribution is 6.24. The molecule has 1 aliphatic heterocycles. The van der Waals surface area contributed by atoms with Gasteiger partial charge in [-0.2, -0.15) is 9.97 Å². The number of hydrogen-bond donors (Lipinski definition) is 0. The third kappa shape index (κ3) is 4.45. The quantitative estimate of drug-likeness (QED) is 0.182. The molecule has 55 heavy (non-hydrogen) atoms. The number of para-hydroxylation sites is 2. The van der Waals surface area contributed by atoms with Crippen LogP contribution in [-0.4, -0.2) is 25.6 Å². The van der Waals surface area contributed by atoms with Crippen LogP contribution in [0.2, 0.25) is 0 Å². The van der Waals surface area contributed by atoms with Gasteiger partial charge in [0.25, 0.3) is 0 Å². The van der Waals surface area contributed by atoms with E-state index in [-0.39, 0.29) is 12.0 Å². The number of fused-ring (bicyclic) bond motifs is 13. The first-order chi connectivity index (χ1) is 27.3. The Labute approximate surface area is 316 Å². The molecule has 0 saturated heterocycles. The smallest absolute Gasteiger partial charge is 0.234 e. The summed E-state index contributed by atoms with van der Waals surface area (Å²) >= 11 is 0. The first kappa shape index (κ1) is 30.4. The second-order valence-electron chi connectivity index (χ2n) is 14.6. The number of nitrogens with zero attached hydrogens (tertiary/aromatic N) is 5. The summed E-state index contributed by atoms with van der Waals surface area (Å²) in [7, 11) is 0. The second kappa shape index (κ2) is 11.7. The average molecular weight is 708 g/mol. The molecule has 4 heterocycles. The molecule has 0 saturated carbocycles. The van der Waals surface area contributed by atoms with Gasteiger partial charge >= 0.3 is 0 Å². The van der Waals surface area contributed by atoms with Crippen LogP contribution < -0.4 is 15.5 Å². The minimum atomic E-state index is -0.0957. The maximum atomic E-state index is 7.05. The van der Waals surface area contributed by atoms with E-state index in [1.807, 2.05) is 18.2 Å². The fourth-order valence-electron chi connectivity index (χ4n) is 9.20. The van der Waals surface area contributed by atoms with Gasteiger partial charge in [0.05, 0.1) is 17.2 Å². The van der Waals surface area contributed by atoms with Crippen molar-refractivity contribution in [2.24, 2.45) is 0 Å². The van der Waals surface area contributed by atoms with Gasteiger partial charge in [-0.15, -0.1) is 0 Å². The fourth-order valence-corrected chi connectivity index (χ4v) is 9.20. The Hall–Kier alpha value is -7.05. The zero-order valence-corrected chi connectivity index (χ0v) is 29.8. The van der Waals surface area contributed by atoms with E-state index in [9.17, 15) is 0 Å². The van der Waals surface area contributed by atoms with Crippen LogP contribution in [0.25, 0.3) is 84.2 Å². The van der Waals surface area contributed by atoms with E-state index >= 15 is 0 Å². The largest absolute Gasteiger partial charge is 0.454 e. The second-order valence-corrected chi connectivity index (χ2v) is 14.6. The highest BCUT2D eigenvalue weighted by atomic mass is 16.3. The van der Waals surface area contributed by atoms with Crippen molar-refractivity contribution in [2.45, 2.75) is 24.8 Å². The van der Waals surface area contributed by atoms with E-state index < -0.39 is 0 Å². The lowest BCUT2D eigenvalue weighted by atomic mass is 9.89. The van der Waals surface area contributed by atoms with Gasteiger partial charge in [0.15, 0.2) is 17.2 Å². The predicted octanol–water partition coefficient (Wildman–Crippen LogP) is 10.3. The summed E-state index contributed by atoms with van der Waals surface area (Å²) in [5, 5.41) is 8.31. The Morgan fingerprint density at radius 2 is 1.35 bits per heavy atom. The molecular formula is C49H33N5O. The SMILES string of the molecule is C1=CC2c3c(c4oc5ccccc5c4c4c5c(n(-c6ccccc6)c34)=CCCC=5)N(c3nc(-c4ccccc4)nc(-c4ccc5ccccc5c4)n3)C2C=C1. The predicted molar refractivity (Wildman–Crippen MR) is 223 cm³/mol. The number of benzene rings is 6.